The van der Waals surface area contributed by atoms with Crippen LogP contribution in [-0.2, 0) is 15.8 Å². The lowest BCUT2D eigenvalue weighted by atomic mass is 10.2. The third-order valence-electron chi connectivity index (χ3n) is 3.25. The van der Waals surface area contributed by atoms with Gasteiger partial charge in [0.15, 0.2) is 0 Å². The summed E-state index contributed by atoms with van der Waals surface area (Å²) in [6, 6.07) is 6.03. The van der Waals surface area contributed by atoms with Gasteiger partial charge in [0.25, 0.3) is 5.69 Å². The first-order valence-corrected chi connectivity index (χ1v) is 8.06. The van der Waals surface area contributed by atoms with Crippen molar-refractivity contribution in [1.29, 1.82) is 0 Å². The van der Waals surface area contributed by atoms with Gasteiger partial charge in [0.05, 0.1) is 10.7 Å². The minimum atomic E-state index is -3.57. The van der Waals surface area contributed by atoms with Gasteiger partial charge in [-0.15, -0.1) is 0 Å². The molecule has 1 aromatic carbocycles. The number of hydrogen-bond donors (Lipinski definition) is 2. The lowest BCUT2D eigenvalue weighted by molar-refractivity contribution is -0.385. The molecule has 0 aromatic heterocycles. The van der Waals surface area contributed by atoms with Gasteiger partial charge < -0.3 is 5.32 Å². The van der Waals surface area contributed by atoms with Crippen LogP contribution in [-0.4, -0.2) is 32.5 Å². The van der Waals surface area contributed by atoms with Gasteiger partial charge in [0.1, 0.15) is 0 Å². The van der Waals surface area contributed by atoms with Gasteiger partial charge >= 0.3 is 0 Å². The SMILES string of the molecule is O=[N+]([O-])c1ccccc1CS(=O)(=O)NCC1CCCN1. The van der Waals surface area contributed by atoms with Crippen molar-refractivity contribution in [2.45, 2.75) is 24.6 Å². The molecule has 1 saturated heterocycles. The smallest absolute Gasteiger partial charge is 0.273 e. The highest BCUT2D eigenvalue weighted by atomic mass is 32.2. The van der Waals surface area contributed by atoms with E-state index in [0.717, 1.165) is 19.4 Å². The monoisotopic (exact) mass is 299 g/mol. The first-order valence-electron chi connectivity index (χ1n) is 6.41. The molecule has 1 unspecified atom stereocenters. The van der Waals surface area contributed by atoms with Crippen LogP contribution in [0.1, 0.15) is 18.4 Å². The number of rotatable bonds is 6. The van der Waals surface area contributed by atoms with Crippen LogP contribution in [0.15, 0.2) is 24.3 Å². The number of para-hydroxylation sites is 1. The predicted molar refractivity (Wildman–Crippen MR) is 74.7 cm³/mol. The van der Waals surface area contributed by atoms with Gasteiger partial charge in [-0.1, -0.05) is 18.2 Å². The zero-order valence-electron chi connectivity index (χ0n) is 10.9. The Hall–Kier alpha value is -1.51. The minimum Gasteiger partial charge on any atom is -0.313 e. The summed E-state index contributed by atoms with van der Waals surface area (Å²) in [5, 5.41) is 14.0. The molecule has 2 N–H and O–H groups in total. The Labute approximate surface area is 117 Å². The summed E-state index contributed by atoms with van der Waals surface area (Å²) in [4.78, 5) is 10.3. The number of nitrogens with zero attached hydrogens (tertiary/aromatic N) is 1. The number of sulfonamides is 1. The lowest BCUT2D eigenvalue weighted by Crippen LogP contribution is -2.37. The number of nitro benzene ring substituents is 1. The minimum absolute atomic E-state index is 0.149. The van der Waals surface area contributed by atoms with Crippen molar-refractivity contribution in [3.63, 3.8) is 0 Å². The van der Waals surface area contributed by atoms with Crippen molar-refractivity contribution in [2.24, 2.45) is 0 Å². The van der Waals surface area contributed by atoms with Gasteiger partial charge in [-0.3, -0.25) is 10.1 Å². The molecule has 110 valence electrons. The summed E-state index contributed by atoms with van der Waals surface area (Å²) in [5.74, 6) is -0.378. The van der Waals surface area contributed by atoms with Crippen LogP contribution in [0.25, 0.3) is 0 Å². The zero-order valence-corrected chi connectivity index (χ0v) is 11.7. The second kappa shape index (κ2) is 6.29. The van der Waals surface area contributed by atoms with E-state index in [-0.39, 0.29) is 23.0 Å². The molecule has 0 saturated carbocycles. The molecule has 1 fully saturated rings. The molecule has 20 heavy (non-hydrogen) atoms. The van der Waals surface area contributed by atoms with Gasteiger partial charge in [-0.2, -0.15) is 0 Å². The van der Waals surface area contributed by atoms with E-state index in [1.54, 1.807) is 6.07 Å². The average molecular weight is 299 g/mol. The van der Waals surface area contributed by atoms with Crippen LogP contribution >= 0.6 is 0 Å². The van der Waals surface area contributed by atoms with Crippen molar-refractivity contribution in [1.82, 2.24) is 10.0 Å². The van der Waals surface area contributed by atoms with Gasteiger partial charge in [-0.05, 0) is 19.4 Å². The molecule has 1 aliphatic heterocycles. The molecule has 8 heteroatoms. The van der Waals surface area contributed by atoms with E-state index in [0.29, 0.717) is 6.54 Å². The highest BCUT2D eigenvalue weighted by molar-refractivity contribution is 7.88. The quantitative estimate of drug-likeness (QED) is 0.596. The fraction of sp³-hybridized carbons (Fsp3) is 0.500. The zero-order chi connectivity index (χ0) is 14.6. The van der Waals surface area contributed by atoms with Crippen LogP contribution in [0.4, 0.5) is 5.69 Å². The maximum Gasteiger partial charge on any atom is 0.273 e. The highest BCUT2D eigenvalue weighted by Crippen LogP contribution is 2.19. The van der Waals surface area contributed by atoms with Crippen molar-refractivity contribution in [3.05, 3.63) is 39.9 Å². The first kappa shape index (κ1) is 14.9. The fourth-order valence-corrected chi connectivity index (χ4v) is 3.44. The summed E-state index contributed by atoms with van der Waals surface area (Å²) in [6.45, 7) is 1.22. The Morgan fingerprint density at radius 3 is 2.80 bits per heavy atom. The molecule has 0 amide bonds. The van der Waals surface area contributed by atoms with E-state index in [4.69, 9.17) is 0 Å². The van der Waals surface area contributed by atoms with Gasteiger partial charge in [-0.25, -0.2) is 13.1 Å². The third-order valence-corrected chi connectivity index (χ3v) is 4.54. The Morgan fingerprint density at radius 2 is 2.15 bits per heavy atom. The second-order valence-corrected chi connectivity index (χ2v) is 6.59. The van der Waals surface area contributed by atoms with Crippen LogP contribution in [0.2, 0.25) is 0 Å². The van der Waals surface area contributed by atoms with E-state index in [9.17, 15) is 18.5 Å². The van der Waals surface area contributed by atoms with E-state index >= 15 is 0 Å². The summed E-state index contributed by atoms with van der Waals surface area (Å²) in [6.07, 6.45) is 1.98. The second-order valence-electron chi connectivity index (χ2n) is 4.79. The molecule has 1 atom stereocenters. The number of nitro groups is 1. The summed E-state index contributed by atoms with van der Waals surface area (Å²) in [5.41, 5.74) is 0.0289. The van der Waals surface area contributed by atoms with Gasteiger partial charge in [0.2, 0.25) is 10.0 Å². The molecule has 1 aliphatic rings. The summed E-state index contributed by atoms with van der Waals surface area (Å²) in [7, 11) is -3.57. The summed E-state index contributed by atoms with van der Waals surface area (Å²) >= 11 is 0. The molecular formula is C12H17N3O4S. The molecule has 0 aliphatic carbocycles. The molecule has 1 heterocycles. The normalized spacial score (nSPS) is 19.1. The molecule has 0 spiro atoms. The van der Waals surface area contributed by atoms with E-state index in [2.05, 4.69) is 10.0 Å². The largest absolute Gasteiger partial charge is 0.313 e. The summed E-state index contributed by atoms with van der Waals surface area (Å²) < 4.78 is 26.4. The van der Waals surface area contributed by atoms with Crippen molar-refractivity contribution in [3.8, 4) is 0 Å². The predicted octanol–water partition coefficient (Wildman–Crippen LogP) is 0.766. The molecule has 2 rings (SSSR count). The number of nitrogens with one attached hydrogen (secondary N) is 2. The van der Waals surface area contributed by atoms with Crippen molar-refractivity contribution >= 4 is 15.7 Å². The van der Waals surface area contributed by atoms with Crippen LogP contribution < -0.4 is 10.0 Å². The Morgan fingerprint density at radius 1 is 1.40 bits per heavy atom. The number of hydrogen-bond acceptors (Lipinski definition) is 5. The van der Waals surface area contributed by atoms with E-state index in [1.165, 1.54) is 18.2 Å². The molecule has 7 nitrogen and oxygen atoms in total. The number of benzene rings is 1. The Bertz CT molecular complexity index is 582. The van der Waals surface area contributed by atoms with Crippen LogP contribution in [0, 0.1) is 10.1 Å². The lowest BCUT2D eigenvalue weighted by Gasteiger charge is -2.12. The maximum atomic E-state index is 12.0. The van der Waals surface area contributed by atoms with Crippen molar-refractivity contribution in [2.75, 3.05) is 13.1 Å². The Balaban J connectivity index is 2.02. The van der Waals surface area contributed by atoms with Crippen molar-refractivity contribution < 1.29 is 13.3 Å². The molecule has 1 aromatic rings. The Kier molecular flexibility index (Phi) is 4.69. The molecule has 0 bridgehead atoms. The fourth-order valence-electron chi connectivity index (χ4n) is 2.23. The molecule has 0 radical (unpaired) electrons. The standard InChI is InChI=1S/C12H17N3O4S/c16-15(17)12-6-2-1-4-10(12)9-20(18,19)14-8-11-5-3-7-13-11/h1-2,4,6,11,13-14H,3,5,7-9H2. The van der Waals surface area contributed by atoms with E-state index < -0.39 is 14.9 Å². The van der Waals surface area contributed by atoms with Crippen LogP contribution in [0.5, 0.6) is 0 Å². The maximum absolute atomic E-state index is 12.0. The average Bonchev–Trinajstić information content (AvgIpc) is 2.89. The molecular weight excluding hydrogens is 282 g/mol. The first-order chi connectivity index (χ1) is 9.48. The topological polar surface area (TPSA) is 101 Å². The van der Waals surface area contributed by atoms with E-state index in [1.807, 2.05) is 0 Å². The van der Waals surface area contributed by atoms with Crippen LogP contribution in [0.3, 0.4) is 0 Å². The third kappa shape index (κ3) is 3.99. The highest BCUT2D eigenvalue weighted by Gasteiger charge is 2.21. The van der Waals surface area contributed by atoms with Gasteiger partial charge in [0, 0.05) is 24.2 Å².